The predicted octanol–water partition coefficient (Wildman–Crippen LogP) is 0.436. The second-order valence-electron chi connectivity index (χ2n) is 3.33. The van der Waals surface area contributed by atoms with Crippen molar-refractivity contribution in [1.82, 2.24) is 5.32 Å². The molecular weight excluding hydrogens is 202 g/mol. The van der Waals surface area contributed by atoms with Crippen LogP contribution in [0.5, 0.6) is 0 Å². The molecule has 1 atom stereocenters. The van der Waals surface area contributed by atoms with Crippen molar-refractivity contribution in [3.8, 4) is 0 Å². The van der Waals surface area contributed by atoms with E-state index in [0.717, 1.165) is 6.54 Å². The number of hydrogen-bond donors (Lipinski definition) is 1. The molecule has 1 unspecified atom stereocenters. The molecule has 0 aliphatic rings. The second kappa shape index (κ2) is 7.20. The van der Waals surface area contributed by atoms with Crippen molar-refractivity contribution < 1.29 is 13.2 Å². The van der Waals surface area contributed by atoms with Gasteiger partial charge < -0.3 is 10.1 Å². The molecule has 4 nitrogen and oxygen atoms in total. The molecule has 5 heteroatoms. The van der Waals surface area contributed by atoms with Crippen molar-refractivity contribution in [3.05, 3.63) is 0 Å². The minimum Gasteiger partial charge on any atom is -0.380 e. The van der Waals surface area contributed by atoms with Crippen LogP contribution < -0.4 is 5.32 Å². The van der Waals surface area contributed by atoms with Crippen LogP contribution in [0.15, 0.2) is 0 Å². The molecule has 0 aliphatic carbocycles. The zero-order valence-corrected chi connectivity index (χ0v) is 10.1. The third-order valence-corrected chi connectivity index (χ3v) is 2.83. The first-order chi connectivity index (χ1) is 6.49. The minimum absolute atomic E-state index is 0.148. The van der Waals surface area contributed by atoms with Crippen LogP contribution in [0.4, 0.5) is 0 Å². The highest BCUT2D eigenvalue weighted by Crippen LogP contribution is 1.97. The topological polar surface area (TPSA) is 55.4 Å². The van der Waals surface area contributed by atoms with E-state index in [1.165, 1.54) is 6.26 Å². The van der Waals surface area contributed by atoms with Crippen molar-refractivity contribution in [2.45, 2.75) is 26.3 Å². The van der Waals surface area contributed by atoms with Crippen LogP contribution >= 0.6 is 0 Å². The highest BCUT2D eigenvalue weighted by atomic mass is 32.2. The van der Waals surface area contributed by atoms with Crippen LogP contribution in [-0.4, -0.2) is 46.2 Å². The van der Waals surface area contributed by atoms with Gasteiger partial charge in [0.2, 0.25) is 0 Å². The Labute approximate surface area is 86.9 Å². The van der Waals surface area contributed by atoms with Crippen molar-refractivity contribution in [1.29, 1.82) is 0 Å². The van der Waals surface area contributed by atoms with Crippen LogP contribution in [0.1, 0.15) is 20.3 Å². The average molecular weight is 223 g/mol. The smallest absolute Gasteiger partial charge is 0.147 e. The Balaban J connectivity index is 3.84. The van der Waals surface area contributed by atoms with Gasteiger partial charge in [0.15, 0.2) is 0 Å². The molecule has 0 bridgehead atoms. The Hall–Kier alpha value is -0.130. The maximum absolute atomic E-state index is 10.9. The first-order valence-corrected chi connectivity index (χ1v) is 7.04. The van der Waals surface area contributed by atoms with Crippen LogP contribution in [0.25, 0.3) is 0 Å². The first kappa shape index (κ1) is 13.9. The first-order valence-electron chi connectivity index (χ1n) is 4.98. The van der Waals surface area contributed by atoms with Gasteiger partial charge in [-0.15, -0.1) is 0 Å². The van der Waals surface area contributed by atoms with Crippen molar-refractivity contribution >= 4 is 9.84 Å². The standard InChI is InChI=1S/C9H21NO3S/c1-4-10-9(8-13-5-2)6-7-14(3,11)12/h9-10H,4-8H2,1-3H3. The molecule has 0 radical (unpaired) electrons. The maximum atomic E-state index is 10.9. The summed E-state index contributed by atoms with van der Waals surface area (Å²) >= 11 is 0. The summed E-state index contributed by atoms with van der Waals surface area (Å²) in [6, 6.07) is 0.148. The van der Waals surface area contributed by atoms with Crippen molar-refractivity contribution in [2.24, 2.45) is 0 Å². The van der Waals surface area contributed by atoms with Gasteiger partial charge in [0.25, 0.3) is 0 Å². The lowest BCUT2D eigenvalue weighted by molar-refractivity contribution is 0.122. The Morgan fingerprint density at radius 2 is 2.00 bits per heavy atom. The Morgan fingerprint density at radius 3 is 2.43 bits per heavy atom. The van der Waals surface area contributed by atoms with Crippen LogP contribution in [0, 0.1) is 0 Å². The molecule has 0 saturated heterocycles. The van der Waals surface area contributed by atoms with Crippen LogP contribution in [-0.2, 0) is 14.6 Å². The molecule has 86 valence electrons. The summed E-state index contributed by atoms with van der Waals surface area (Å²) in [7, 11) is -2.86. The summed E-state index contributed by atoms with van der Waals surface area (Å²) in [4.78, 5) is 0. The highest BCUT2D eigenvalue weighted by Gasteiger charge is 2.10. The summed E-state index contributed by atoms with van der Waals surface area (Å²) < 4.78 is 27.1. The van der Waals surface area contributed by atoms with Gasteiger partial charge in [-0.25, -0.2) is 8.42 Å². The molecule has 0 saturated carbocycles. The summed E-state index contributed by atoms with van der Waals surface area (Å²) in [6.07, 6.45) is 1.88. The number of ether oxygens (including phenoxy) is 1. The van der Waals surface area contributed by atoms with E-state index in [9.17, 15) is 8.42 Å². The Kier molecular flexibility index (Phi) is 7.13. The fourth-order valence-electron chi connectivity index (χ4n) is 1.15. The molecule has 1 N–H and O–H groups in total. The van der Waals surface area contributed by atoms with Gasteiger partial charge >= 0.3 is 0 Å². The normalized spacial score (nSPS) is 14.2. The zero-order chi connectivity index (χ0) is 11.0. The quantitative estimate of drug-likeness (QED) is 0.648. The van der Waals surface area contributed by atoms with Gasteiger partial charge in [-0.1, -0.05) is 6.92 Å². The van der Waals surface area contributed by atoms with E-state index in [4.69, 9.17) is 4.74 Å². The molecule has 14 heavy (non-hydrogen) atoms. The van der Waals surface area contributed by atoms with E-state index < -0.39 is 9.84 Å². The molecule has 0 aromatic heterocycles. The molecule has 0 amide bonds. The van der Waals surface area contributed by atoms with Gasteiger partial charge in [0.1, 0.15) is 9.84 Å². The predicted molar refractivity (Wildman–Crippen MR) is 58.3 cm³/mol. The molecule has 0 aromatic rings. The summed E-state index contributed by atoms with van der Waals surface area (Å²) in [5, 5.41) is 3.20. The largest absolute Gasteiger partial charge is 0.380 e. The summed E-state index contributed by atoms with van der Waals surface area (Å²) in [5.41, 5.74) is 0. The van der Waals surface area contributed by atoms with Crippen LogP contribution in [0.2, 0.25) is 0 Å². The molecule has 0 aliphatic heterocycles. The van der Waals surface area contributed by atoms with Gasteiger partial charge in [-0.3, -0.25) is 0 Å². The van der Waals surface area contributed by atoms with Crippen LogP contribution in [0.3, 0.4) is 0 Å². The van der Waals surface area contributed by atoms with Gasteiger partial charge in [-0.2, -0.15) is 0 Å². The van der Waals surface area contributed by atoms with Gasteiger partial charge in [-0.05, 0) is 19.9 Å². The molecule has 0 rings (SSSR count). The molecule has 0 heterocycles. The number of hydrogen-bond acceptors (Lipinski definition) is 4. The number of rotatable bonds is 8. The van der Waals surface area contributed by atoms with E-state index in [0.29, 0.717) is 19.6 Å². The fraction of sp³-hybridized carbons (Fsp3) is 1.00. The van der Waals surface area contributed by atoms with E-state index in [2.05, 4.69) is 5.32 Å². The number of likely N-dealkylation sites (N-methyl/N-ethyl adjacent to an activating group) is 1. The Bertz CT molecular complexity index is 226. The van der Waals surface area contributed by atoms with E-state index >= 15 is 0 Å². The third-order valence-electron chi connectivity index (χ3n) is 1.85. The number of sulfone groups is 1. The molecule has 0 aromatic carbocycles. The van der Waals surface area contributed by atoms with E-state index in [-0.39, 0.29) is 11.8 Å². The fourth-order valence-corrected chi connectivity index (χ4v) is 1.86. The second-order valence-corrected chi connectivity index (χ2v) is 5.59. The van der Waals surface area contributed by atoms with Gasteiger partial charge in [0.05, 0.1) is 12.4 Å². The summed E-state index contributed by atoms with van der Waals surface area (Å²) in [5.74, 6) is 0.220. The monoisotopic (exact) mass is 223 g/mol. The SMILES string of the molecule is CCNC(CCS(C)(=O)=O)COCC. The van der Waals surface area contributed by atoms with E-state index in [1.54, 1.807) is 0 Å². The minimum atomic E-state index is -2.86. The third kappa shape index (κ3) is 8.47. The molecule has 0 spiro atoms. The Morgan fingerprint density at radius 1 is 1.36 bits per heavy atom. The lowest BCUT2D eigenvalue weighted by Gasteiger charge is -2.16. The highest BCUT2D eigenvalue weighted by molar-refractivity contribution is 7.90. The van der Waals surface area contributed by atoms with Crippen molar-refractivity contribution in [3.63, 3.8) is 0 Å². The lowest BCUT2D eigenvalue weighted by atomic mass is 10.2. The maximum Gasteiger partial charge on any atom is 0.147 e. The van der Waals surface area contributed by atoms with Crippen molar-refractivity contribution in [2.75, 3.05) is 31.8 Å². The summed E-state index contributed by atoms with van der Waals surface area (Å²) in [6.45, 7) is 6.01. The number of nitrogens with one attached hydrogen (secondary N) is 1. The molecular formula is C9H21NO3S. The zero-order valence-electron chi connectivity index (χ0n) is 9.25. The average Bonchev–Trinajstić information content (AvgIpc) is 2.08. The van der Waals surface area contributed by atoms with Gasteiger partial charge in [0, 0.05) is 18.9 Å². The molecule has 0 fully saturated rings. The van der Waals surface area contributed by atoms with E-state index in [1.807, 2.05) is 13.8 Å². The lowest BCUT2D eigenvalue weighted by Crippen LogP contribution is -2.35.